The topological polar surface area (TPSA) is 96.6 Å². The van der Waals surface area contributed by atoms with E-state index in [0.717, 1.165) is 25.7 Å². The molecule has 4 aliphatic rings. The van der Waals surface area contributed by atoms with Crippen LogP contribution in [-0.4, -0.2) is 57.9 Å². The second-order valence-corrected chi connectivity index (χ2v) is 5.79. The number of fused-ring (bicyclic) bond motifs is 3. The lowest BCUT2D eigenvalue weighted by molar-refractivity contribution is -0.150. The molecule has 1 saturated carbocycles. The first-order valence-corrected chi connectivity index (χ1v) is 6.95. The SMILES string of the molecule is N#C[C@@H]1CCCN1C(=O)[C@@H]1N[C@H]2CC[C@@H]1[C@H](O)[C@@H]2O. The average molecular weight is 265 g/mol. The summed E-state index contributed by atoms with van der Waals surface area (Å²) < 4.78 is 0. The number of nitrogens with zero attached hydrogens (tertiary/aromatic N) is 2. The van der Waals surface area contributed by atoms with Crippen LogP contribution in [0.4, 0.5) is 0 Å². The number of hydrogen-bond acceptors (Lipinski definition) is 5. The van der Waals surface area contributed by atoms with Crippen LogP contribution in [0, 0.1) is 17.2 Å². The molecule has 6 atom stereocenters. The van der Waals surface area contributed by atoms with Crippen molar-refractivity contribution >= 4 is 5.91 Å². The van der Waals surface area contributed by atoms with E-state index in [-0.39, 0.29) is 23.9 Å². The van der Waals surface area contributed by atoms with E-state index in [9.17, 15) is 15.0 Å². The minimum Gasteiger partial charge on any atom is -0.390 e. The zero-order valence-electron chi connectivity index (χ0n) is 10.7. The summed E-state index contributed by atoms with van der Waals surface area (Å²) in [6.45, 7) is 0.616. The molecule has 0 spiro atoms. The van der Waals surface area contributed by atoms with E-state index in [1.165, 1.54) is 0 Å². The molecule has 0 radical (unpaired) electrons. The number of rotatable bonds is 1. The van der Waals surface area contributed by atoms with Gasteiger partial charge in [-0.3, -0.25) is 4.79 Å². The summed E-state index contributed by atoms with van der Waals surface area (Å²) in [5.41, 5.74) is 0. The smallest absolute Gasteiger partial charge is 0.241 e. The van der Waals surface area contributed by atoms with Gasteiger partial charge in [-0.1, -0.05) is 0 Å². The maximum atomic E-state index is 12.5. The normalized spacial score (nSPS) is 45.2. The Hall–Kier alpha value is -1.16. The van der Waals surface area contributed by atoms with Gasteiger partial charge < -0.3 is 20.4 Å². The Morgan fingerprint density at radius 2 is 2.05 bits per heavy atom. The third-order valence-electron chi connectivity index (χ3n) is 4.78. The van der Waals surface area contributed by atoms with Crippen molar-refractivity contribution in [1.82, 2.24) is 10.2 Å². The van der Waals surface area contributed by atoms with Crippen LogP contribution in [0.1, 0.15) is 25.7 Å². The molecule has 2 bridgehead atoms. The molecule has 19 heavy (non-hydrogen) atoms. The molecule has 0 unspecified atom stereocenters. The van der Waals surface area contributed by atoms with Crippen molar-refractivity contribution < 1.29 is 15.0 Å². The molecule has 3 aliphatic heterocycles. The summed E-state index contributed by atoms with van der Waals surface area (Å²) in [7, 11) is 0. The van der Waals surface area contributed by atoms with Gasteiger partial charge >= 0.3 is 0 Å². The van der Waals surface area contributed by atoms with Gasteiger partial charge in [-0.25, -0.2) is 0 Å². The summed E-state index contributed by atoms with van der Waals surface area (Å²) in [6.07, 6.45) is 1.50. The Balaban J connectivity index is 1.76. The summed E-state index contributed by atoms with van der Waals surface area (Å²) in [5, 5.41) is 32.1. The molecular weight excluding hydrogens is 246 g/mol. The number of piperidine rings is 2. The number of carbonyl (C=O) groups is 1. The van der Waals surface area contributed by atoms with Crippen molar-refractivity contribution in [2.75, 3.05) is 6.54 Å². The van der Waals surface area contributed by atoms with Crippen molar-refractivity contribution in [2.45, 2.75) is 56.0 Å². The number of amides is 1. The lowest BCUT2D eigenvalue weighted by Gasteiger charge is -2.49. The molecule has 3 N–H and O–H groups in total. The summed E-state index contributed by atoms with van der Waals surface area (Å²) >= 11 is 0. The van der Waals surface area contributed by atoms with Crippen LogP contribution in [-0.2, 0) is 4.79 Å². The highest BCUT2D eigenvalue weighted by atomic mass is 16.3. The van der Waals surface area contributed by atoms with E-state index in [2.05, 4.69) is 11.4 Å². The molecule has 1 aliphatic carbocycles. The molecule has 3 saturated heterocycles. The fourth-order valence-electron chi connectivity index (χ4n) is 3.70. The summed E-state index contributed by atoms with van der Waals surface area (Å²) in [4.78, 5) is 14.2. The lowest BCUT2D eigenvalue weighted by atomic mass is 9.72. The van der Waals surface area contributed by atoms with Crippen LogP contribution in [0.2, 0.25) is 0 Å². The van der Waals surface area contributed by atoms with Crippen LogP contribution in [0.25, 0.3) is 0 Å². The van der Waals surface area contributed by atoms with Crippen molar-refractivity contribution in [2.24, 2.45) is 5.92 Å². The van der Waals surface area contributed by atoms with Crippen molar-refractivity contribution in [3.05, 3.63) is 0 Å². The van der Waals surface area contributed by atoms with Crippen LogP contribution in [0.15, 0.2) is 0 Å². The van der Waals surface area contributed by atoms with Gasteiger partial charge in [0.2, 0.25) is 5.91 Å². The van der Waals surface area contributed by atoms with E-state index in [1.54, 1.807) is 4.90 Å². The molecule has 1 amide bonds. The Labute approximate surface area is 112 Å². The molecule has 6 nitrogen and oxygen atoms in total. The van der Waals surface area contributed by atoms with E-state index in [4.69, 9.17) is 5.26 Å². The van der Waals surface area contributed by atoms with Gasteiger partial charge in [0.05, 0.1) is 24.3 Å². The van der Waals surface area contributed by atoms with E-state index < -0.39 is 18.2 Å². The van der Waals surface area contributed by atoms with Crippen molar-refractivity contribution in [1.29, 1.82) is 5.26 Å². The van der Waals surface area contributed by atoms with Crippen LogP contribution in [0.5, 0.6) is 0 Å². The molecule has 4 rings (SSSR count). The fourth-order valence-corrected chi connectivity index (χ4v) is 3.70. The van der Waals surface area contributed by atoms with Gasteiger partial charge in [0.1, 0.15) is 6.04 Å². The van der Waals surface area contributed by atoms with Crippen molar-refractivity contribution in [3.63, 3.8) is 0 Å². The predicted molar refractivity (Wildman–Crippen MR) is 65.8 cm³/mol. The Morgan fingerprint density at radius 3 is 2.74 bits per heavy atom. The first kappa shape index (κ1) is 12.9. The Kier molecular flexibility index (Phi) is 3.21. The quantitative estimate of drug-likeness (QED) is 0.563. The average Bonchev–Trinajstić information content (AvgIpc) is 2.91. The highest BCUT2D eigenvalue weighted by Crippen LogP contribution is 2.35. The number of carbonyl (C=O) groups excluding carboxylic acids is 1. The Bertz CT molecular complexity index is 420. The number of aliphatic hydroxyl groups is 2. The molecule has 0 aromatic carbocycles. The largest absolute Gasteiger partial charge is 0.390 e. The first-order chi connectivity index (χ1) is 9.13. The summed E-state index contributed by atoms with van der Waals surface area (Å²) in [6, 6.07) is 1.16. The maximum Gasteiger partial charge on any atom is 0.241 e. The van der Waals surface area contributed by atoms with Crippen LogP contribution in [0.3, 0.4) is 0 Å². The van der Waals surface area contributed by atoms with E-state index in [1.807, 2.05) is 0 Å². The minimum atomic E-state index is -0.836. The fraction of sp³-hybridized carbons (Fsp3) is 0.846. The third kappa shape index (κ3) is 1.93. The molecule has 3 heterocycles. The Morgan fingerprint density at radius 1 is 1.26 bits per heavy atom. The standard InChI is InChI=1S/C13H19N3O3/c14-6-7-2-1-5-16(7)13(19)10-8-3-4-9(15-10)12(18)11(8)17/h7-12,15,17-18H,1-5H2/t7-,8-,9-,10+,11-,12+/m0/s1. The van der Waals surface area contributed by atoms with Gasteiger partial charge in [-0.15, -0.1) is 0 Å². The van der Waals surface area contributed by atoms with Crippen molar-refractivity contribution in [3.8, 4) is 6.07 Å². The second-order valence-electron chi connectivity index (χ2n) is 5.79. The lowest BCUT2D eigenvalue weighted by Crippen LogP contribution is -2.69. The minimum absolute atomic E-state index is 0.0929. The maximum absolute atomic E-state index is 12.5. The number of aliphatic hydroxyl groups excluding tert-OH is 2. The van der Waals surface area contributed by atoms with Crippen LogP contribution < -0.4 is 5.32 Å². The number of hydrogen-bond donors (Lipinski definition) is 3. The molecule has 104 valence electrons. The van der Waals surface area contributed by atoms with Gasteiger partial charge in [0, 0.05) is 18.5 Å². The molecule has 6 heteroatoms. The third-order valence-corrected chi connectivity index (χ3v) is 4.78. The molecule has 0 aromatic rings. The second kappa shape index (κ2) is 4.75. The summed E-state index contributed by atoms with van der Waals surface area (Å²) in [5.74, 6) is -0.336. The number of nitriles is 1. The van der Waals surface area contributed by atoms with Gasteiger partial charge in [-0.2, -0.15) is 5.26 Å². The van der Waals surface area contributed by atoms with E-state index >= 15 is 0 Å². The number of nitrogens with one attached hydrogen (secondary N) is 1. The van der Waals surface area contributed by atoms with Crippen LogP contribution >= 0.6 is 0 Å². The highest BCUT2D eigenvalue weighted by molar-refractivity contribution is 5.83. The highest BCUT2D eigenvalue weighted by Gasteiger charge is 2.51. The number of likely N-dealkylation sites (tertiary alicyclic amines) is 1. The monoisotopic (exact) mass is 265 g/mol. The van der Waals surface area contributed by atoms with Gasteiger partial charge in [-0.05, 0) is 25.7 Å². The molecule has 0 aromatic heterocycles. The zero-order chi connectivity index (χ0) is 13.6. The zero-order valence-corrected chi connectivity index (χ0v) is 10.7. The molecule has 4 fully saturated rings. The predicted octanol–water partition coefficient (Wildman–Crippen LogP) is -1.03. The first-order valence-electron chi connectivity index (χ1n) is 6.95. The van der Waals surface area contributed by atoms with Gasteiger partial charge in [0.15, 0.2) is 0 Å². The van der Waals surface area contributed by atoms with Gasteiger partial charge in [0.25, 0.3) is 0 Å². The van der Waals surface area contributed by atoms with E-state index in [0.29, 0.717) is 6.54 Å². The molecular formula is C13H19N3O3.